The minimum absolute atomic E-state index is 0.122. The molecule has 0 radical (unpaired) electrons. The molecule has 0 N–H and O–H groups in total. The van der Waals surface area contributed by atoms with Crippen LogP contribution < -0.4 is 9.47 Å². The number of nitrogens with zero attached hydrogens (tertiary/aromatic N) is 1. The highest BCUT2D eigenvalue weighted by Gasteiger charge is 2.16. The van der Waals surface area contributed by atoms with E-state index in [1.165, 1.54) is 12.8 Å². The lowest BCUT2D eigenvalue weighted by atomic mass is 10.1. The molecule has 0 atom stereocenters. The number of carbonyl (C=O) groups is 1. The zero-order chi connectivity index (χ0) is 13.7. The Hall–Kier alpha value is -1.55. The zero-order valence-electron chi connectivity index (χ0n) is 11.6. The van der Waals surface area contributed by atoms with Crippen LogP contribution >= 0.6 is 0 Å². The molecule has 0 saturated carbocycles. The Kier molecular flexibility index (Phi) is 4.80. The molecule has 0 saturated heterocycles. The fourth-order valence-corrected chi connectivity index (χ4v) is 2.12. The molecule has 0 fully saturated rings. The molecule has 4 heteroatoms. The second-order valence-electron chi connectivity index (χ2n) is 4.94. The lowest BCUT2D eigenvalue weighted by Gasteiger charge is -2.15. The van der Waals surface area contributed by atoms with E-state index in [4.69, 9.17) is 9.47 Å². The summed E-state index contributed by atoms with van der Waals surface area (Å²) < 4.78 is 10.5. The highest BCUT2D eigenvalue weighted by molar-refractivity contribution is 5.98. The topological polar surface area (TPSA) is 38.8 Å². The predicted molar refractivity (Wildman–Crippen MR) is 73.9 cm³/mol. The molecule has 4 nitrogen and oxygen atoms in total. The van der Waals surface area contributed by atoms with Crippen molar-refractivity contribution in [2.75, 3.05) is 26.9 Å². The van der Waals surface area contributed by atoms with E-state index < -0.39 is 0 Å². The Morgan fingerprint density at radius 3 is 2.84 bits per heavy atom. The number of benzene rings is 1. The molecule has 0 spiro atoms. The fourth-order valence-electron chi connectivity index (χ4n) is 2.12. The van der Waals surface area contributed by atoms with Crippen molar-refractivity contribution in [1.29, 1.82) is 0 Å². The molecule has 0 aromatic heterocycles. The monoisotopic (exact) mass is 263 g/mol. The van der Waals surface area contributed by atoms with Crippen LogP contribution in [-0.2, 0) is 0 Å². The second-order valence-corrected chi connectivity index (χ2v) is 4.94. The van der Waals surface area contributed by atoms with Crippen LogP contribution in [-0.4, -0.2) is 37.6 Å². The predicted octanol–water partition coefficient (Wildman–Crippen LogP) is 2.72. The van der Waals surface area contributed by atoms with E-state index in [0.717, 1.165) is 13.0 Å². The van der Waals surface area contributed by atoms with E-state index in [2.05, 4.69) is 11.8 Å². The summed E-state index contributed by atoms with van der Waals surface area (Å²) in [6.45, 7) is 3.83. The van der Waals surface area contributed by atoms with Crippen LogP contribution in [0.15, 0.2) is 18.2 Å². The van der Waals surface area contributed by atoms with Gasteiger partial charge in [-0.2, -0.15) is 0 Å². The first kappa shape index (κ1) is 13.9. The van der Waals surface area contributed by atoms with E-state index in [1.807, 2.05) is 7.05 Å². The Balaban J connectivity index is 1.89. The van der Waals surface area contributed by atoms with Crippen molar-refractivity contribution < 1.29 is 14.3 Å². The number of rotatable bonds is 7. The van der Waals surface area contributed by atoms with Gasteiger partial charge in [0.2, 0.25) is 6.79 Å². The number of carbonyl (C=O) groups excluding carboxylic acids is 1. The minimum atomic E-state index is 0.122. The van der Waals surface area contributed by atoms with Gasteiger partial charge in [0, 0.05) is 5.56 Å². The van der Waals surface area contributed by atoms with E-state index in [0.29, 0.717) is 23.6 Å². The molecule has 1 aromatic rings. The number of ketones is 1. The van der Waals surface area contributed by atoms with Crippen molar-refractivity contribution in [3.8, 4) is 11.5 Å². The fraction of sp³-hybridized carbons (Fsp3) is 0.533. The third kappa shape index (κ3) is 3.70. The lowest BCUT2D eigenvalue weighted by molar-refractivity contribution is 0.0945. The van der Waals surface area contributed by atoms with Crippen LogP contribution in [0.4, 0.5) is 0 Å². The van der Waals surface area contributed by atoms with E-state index in [-0.39, 0.29) is 12.6 Å². The van der Waals surface area contributed by atoms with Crippen molar-refractivity contribution >= 4 is 5.78 Å². The maximum Gasteiger partial charge on any atom is 0.231 e. The van der Waals surface area contributed by atoms with Crippen molar-refractivity contribution in [2.24, 2.45) is 0 Å². The SMILES string of the molecule is CCCCCN(C)CC(=O)c1ccc2c(c1)OCO2. The number of fused-ring (bicyclic) bond motifs is 1. The standard InChI is InChI=1S/C15H21NO3/c1-3-4-5-8-16(2)10-13(17)12-6-7-14-15(9-12)19-11-18-14/h6-7,9H,3-5,8,10-11H2,1-2H3. The lowest BCUT2D eigenvalue weighted by Crippen LogP contribution is -2.27. The van der Waals surface area contributed by atoms with Gasteiger partial charge in [-0.3, -0.25) is 9.69 Å². The Morgan fingerprint density at radius 2 is 2.05 bits per heavy atom. The quantitative estimate of drug-likeness (QED) is 0.560. The van der Waals surface area contributed by atoms with Crippen molar-refractivity contribution in [3.63, 3.8) is 0 Å². The van der Waals surface area contributed by atoms with Crippen molar-refractivity contribution in [1.82, 2.24) is 4.90 Å². The van der Waals surface area contributed by atoms with Crippen LogP contribution in [0.2, 0.25) is 0 Å². The molecule has 104 valence electrons. The van der Waals surface area contributed by atoms with Crippen LogP contribution in [0, 0.1) is 0 Å². The molecule has 0 unspecified atom stereocenters. The molecule has 1 aliphatic rings. The largest absolute Gasteiger partial charge is 0.454 e. The van der Waals surface area contributed by atoms with Gasteiger partial charge >= 0.3 is 0 Å². The molecule has 0 amide bonds. The number of ether oxygens (including phenoxy) is 2. The number of Topliss-reactive ketones (excluding diaryl/α,β-unsaturated/α-hetero) is 1. The molecule has 1 aromatic carbocycles. The molecule has 2 rings (SSSR count). The first-order valence-corrected chi connectivity index (χ1v) is 6.82. The van der Waals surface area contributed by atoms with Gasteiger partial charge in [-0.1, -0.05) is 19.8 Å². The maximum atomic E-state index is 12.1. The first-order valence-electron chi connectivity index (χ1n) is 6.82. The smallest absolute Gasteiger partial charge is 0.231 e. The molecular weight excluding hydrogens is 242 g/mol. The van der Waals surface area contributed by atoms with Crippen LogP contribution in [0.5, 0.6) is 11.5 Å². The summed E-state index contributed by atoms with van der Waals surface area (Å²) in [7, 11) is 1.99. The maximum absolute atomic E-state index is 12.1. The van der Waals surface area contributed by atoms with Gasteiger partial charge in [0.25, 0.3) is 0 Å². The number of likely N-dealkylation sites (N-methyl/N-ethyl adjacent to an activating group) is 1. The van der Waals surface area contributed by atoms with E-state index >= 15 is 0 Å². The number of hydrogen-bond acceptors (Lipinski definition) is 4. The second kappa shape index (κ2) is 6.57. The van der Waals surface area contributed by atoms with Crippen molar-refractivity contribution in [2.45, 2.75) is 26.2 Å². The molecule has 19 heavy (non-hydrogen) atoms. The van der Waals surface area contributed by atoms with E-state index in [1.54, 1.807) is 18.2 Å². The third-order valence-corrected chi connectivity index (χ3v) is 3.25. The van der Waals surface area contributed by atoms with Gasteiger partial charge in [0.15, 0.2) is 17.3 Å². The summed E-state index contributed by atoms with van der Waals surface area (Å²) in [5, 5.41) is 0. The van der Waals surface area contributed by atoms with Gasteiger partial charge in [-0.05, 0) is 38.2 Å². The number of unbranched alkanes of at least 4 members (excludes halogenated alkanes) is 2. The zero-order valence-corrected chi connectivity index (χ0v) is 11.6. The Morgan fingerprint density at radius 1 is 1.26 bits per heavy atom. The Labute approximate surface area is 114 Å². The number of hydrogen-bond donors (Lipinski definition) is 0. The summed E-state index contributed by atoms with van der Waals surface area (Å²) in [6.07, 6.45) is 3.55. The van der Waals surface area contributed by atoms with Gasteiger partial charge in [-0.25, -0.2) is 0 Å². The minimum Gasteiger partial charge on any atom is -0.454 e. The van der Waals surface area contributed by atoms with Crippen LogP contribution in [0.25, 0.3) is 0 Å². The average molecular weight is 263 g/mol. The van der Waals surface area contributed by atoms with Crippen molar-refractivity contribution in [3.05, 3.63) is 23.8 Å². The van der Waals surface area contributed by atoms with E-state index in [9.17, 15) is 4.79 Å². The highest BCUT2D eigenvalue weighted by Crippen LogP contribution is 2.32. The highest BCUT2D eigenvalue weighted by atomic mass is 16.7. The summed E-state index contributed by atoms with van der Waals surface area (Å²) in [5.74, 6) is 1.50. The molecule has 1 heterocycles. The van der Waals surface area contributed by atoms with Gasteiger partial charge in [0.05, 0.1) is 6.54 Å². The van der Waals surface area contributed by atoms with Crippen LogP contribution in [0.3, 0.4) is 0 Å². The summed E-state index contributed by atoms with van der Waals surface area (Å²) in [6, 6.07) is 5.37. The first-order chi connectivity index (χ1) is 9.20. The Bertz CT molecular complexity index is 445. The molecule has 0 bridgehead atoms. The summed E-state index contributed by atoms with van der Waals surface area (Å²) in [4.78, 5) is 14.2. The molecular formula is C15H21NO3. The molecule has 1 aliphatic heterocycles. The normalized spacial score (nSPS) is 13.0. The molecule has 0 aliphatic carbocycles. The van der Waals surface area contributed by atoms with Gasteiger partial charge in [0.1, 0.15) is 0 Å². The van der Waals surface area contributed by atoms with Gasteiger partial charge < -0.3 is 9.47 Å². The summed E-state index contributed by atoms with van der Waals surface area (Å²) >= 11 is 0. The average Bonchev–Trinajstić information content (AvgIpc) is 2.86. The third-order valence-electron chi connectivity index (χ3n) is 3.25. The van der Waals surface area contributed by atoms with Gasteiger partial charge in [-0.15, -0.1) is 0 Å². The van der Waals surface area contributed by atoms with Crippen LogP contribution in [0.1, 0.15) is 36.5 Å². The summed E-state index contributed by atoms with van der Waals surface area (Å²) in [5.41, 5.74) is 0.687.